The Morgan fingerprint density at radius 1 is 1.53 bits per heavy atom. The molecule has 19 heavy (non-hydrogen) atoms. The normalized spacial score (nSPS) is 16.3. The van der Waals surface area contributed by atoms with Crippen LogP contribution in [0.25, 0.3) is 0 Å². The standard InChI is InChI=1S/C13H17BrN2O3/c14-11-9-15-5-1-12(11)16-13(17)4-8-19-10-2-6-18-7-3-10/h1,5,9-10H,2-4,6-8H2,(H,15,16,17). The fourth-order valence-corrected chi connectivity index (χ4v) is 2.20. The van der Waals surface area contributed by atoms with E-state index in [1.165, 1.54) is 0 Å². The molecule has 2 rings (SSSR count). The predicted molar refractivity (Wildman–Crippen MR) is 75.0 cm³/mol. The number of anilines is 1. The van der Waals surface area contributed by atoms with Crippen LogP contribution in [0.2, 0.25) is 0 Å². The molecule has 0 unspecified atom stereocenters. The van der Waals surface area contributed by atoms with Crippen LogP contribution >= 0.6 is 15.9 Å². The van der Waals surface area contributed by atoms with Gasteiger partial charge in [-0.3, -0.25) is 9.78 Å². The molecule has 1 aromatic heterocycles. The Kier molecular flexibility index (Phi) is 5.75. The molecule has 1 aliphatic heterocycles. The highest BCUT2D eigenvalue weighted by atomic mass is 79.9. The van der Waals surface area contributed by atoms with E-state index in [2.05, 4.69) is 26.2 Å². The highest BCUT2D eigenvalue weighted by molar-refractivity contribution is 9.10. The first-order valence-electron chi connectivity index (χ1n) is 6.34. The molecule has 1 fully saturated rings. The maximum atomic E-state index is 11.7. The van der Waals surface area contributed by atoms with Gasteiger partial charge in [-0.25, -0.2) is 0 Å². The van der Waals surface area contributed by atoms with Crippen LogP contribution < -0.4 is 5.32 Å². The zero-order valence-electron chi connectivity index (χ0n) is 10.6. The highest BCUT2D eigenvalue weighted by Gasteiger charge is 2.14. The third kappa shape index (κ3) is 4.89. The number of ether oxygens (including phenoxy) is 2. The summed E-state index contributed by atoms with van der Waals surface area (Å²) < 4.78 is 11.7. The van der Waals surface area contributed by atoms with Crippen molar-refractivity contribution < 1.29 is 14.3 Å². The van der Waals surface area contributed by atoms with E-state index in [1.807, 2.05) is 0 Å². The molecule has 0 radical (unpaired) electrons. The molecule has 1 aromatic rings. The van der Waals surface area contributed by atoms with Gasteiger partial charge in [-0.15, -0.1) is 0 Å². The van der Waals surface area contributed by atoms with Crippen molar-refractivity contribution in [1.29, 1.82) is 0 Å². The van der Waals surface area contributed by atoms with E-state index in [0.717, 1.165) is 36.2 Å². The highest BCUT2D eigenvalue weighted by Crippen LogP contribution is 2.20. The quantitative estimate of drug-likeness (QED) is 0.901. The van der Waals surface area contributed by atoms with Gasteiger partial charge in [0.05, 0.1) is 29.3 Å². The molecule has 0 aromatic carbocycles. The van der Waals surface area contributed by atoms with E-state index < -0.39 is 0 Å². The number of nitrogens with one attached hydrogen (secondary N) is 1. The van der Waals surface area contributed by atoms with Gasteiger partial charge in [-0.1, -0.05) is 0 Å². The molecule has 5 nitrogen and oxygen atoms in total. The summed E-state index contributed by atoms with van der Waals surface area (Å²) in [5.74, 6) is -0.0565. The molecule has 104 valence electrons. The third-order valence-electron chi connectivity index (χ3n) is 2.90. The molecule has 1 N–H and O–H groups in total. The number of carbonyl (C=O) groups excluding carboxylic acids is 1. The first-order valence-corrected chi connectivity index (χ1v) is 7.13. The monoisotopic (exact) mass is 328 g/mol. The zero-order chi connectivity index (χ0) is 13.5. The number of nitrogens with zero attached hydrogens (tertiary/aromatic N) is 1. The van der Waals surface area contributed by atoms with Crippen molar-refractivity contribution in [3.8, 4) is 0 Å². The van der Waals surface area contributed by atoms with E-state index in [4.69, 9.17) is 9.47 Å². The van der Waals surface area contributed by atoms with E-state index in [-0.39, 0.29) is 12.0 Å². The summed E-state index contributed by atoms with van der Waals surface area (Å²) in [5, 5.41) is 2.82. The molecule has 1 amide bonds. The average molecular weight is 329 g/mol. The largest absolute Gasteiger partial charge is 0.381 e. The Balaban J connectivity index is 1.68. The van der Waals surface area contributed by atoms with Crippen LogP contribution in [-0.2, 0) is 14.3 Å². The van der Waals surface area contributed by atoms with Crippen LogP contribution in [0.3, 0.4) is 0 Å². The minimum Gasteiger partial charge on any atom is -0.381 e. The Labute approximate surface area is 120 Å². The van der Waals surface area contributed by atoms with E-state index in [9.17, 15) is 4.79 Å². The SMILES string of the molecule is O=C(CCOC1CCOCC1)Nc1ccncc1Br. The van der Waals surface area contributed by atoms with Crippen molar-refractivity contribution in [2.24, 2.45) is 0 Å². The van der Waals surface area contributed by atoms with Crippen molar-refractivity contribution >= 4 is 27.5 Å². The van der Waals surface area contributed by atoms with Crippen LogP contribution in [0.15, 0.2) is 22.9 Å². The van der Waals surface area contributed by atoms with E-state index >= 15 is 0 Å². The maximum Gasteiger partial charge on any atom is 0.226 e. The average Bonchev–Trinajstić information content (AvgIpc) is 2.43. The van der Waals surface area contributed by atoms with Gasteiger partial charge >= 0.3 is 0 Å². The number of pyridine rings is 1. The van der Waals surface area contributed by atoms with Crippen LogP contribution in [0.1, 0.15) is 19.3 Å². The lowest BCUT2D eigenvalue weighted by atomic mass is 10.1. The molecule has 0 atom stereocenters. The van der Waals surface area contributed by atoms with Crippen molar-refractivity contribution in [2.45, 2.75) is 25.4 Å². The Morgan fingerprint density at radius 3 is 3.05 bits per heavy atom. The fourth-order valence-electron chi connectivity index (χ4n) is 1.85. The molecule has 0 aliphatic carbocycles. The Morgan fingerprint density at radius 2 is 2.32 bits per heavy atom. The number of amides is 1. The van der Waals surface area contributed by atoms with Gasteiger partial charge in [0.1, 0.15) is 0 Å². The summed E-state index contributed by atoms with van der Waals surface area (Å²) >= 11 is 3.33. The Hall–Kier alpha value is -0.980. The molecule has 6 heteroatoms. The summed E-state index contributed by atoms with van der Waals surface area (Å²) in [6.07, 6.45) is 5.70. The lowest BCUT2D eigenvalue weighted by molar-refractivity contribution is -0.118. The van der Waals surface area contributed by atoms with E-state index in [1.54, 1.807) is 18.5 Å². The van der Waals surface area contributed by atoms with Gasteiger partial charge in [-0.05, 0) is 34.8 Å². The summed E-state index contributed by atoms with van der Waals surface area (Å²) in [6, 6.07) is 1.75. The summed E-state index contributed by atoms with van der Waals surface area (Å²) in [7, 11) is 0. The number of halogens is 1. The molecule has 0 spiro atoms. The summed E-state index contributed by atoms with van der Waals surface area (Å²) in [6.45, 7) is 1.95. The van der Waals surface area contributed by atoms with Crippen LogP contribution in [-0.4, -0.2) is 36.8 Å². The molecule has 0 bridgehead atoms. The fraction of sp³-hybridized carbons (Fsp3) is 0.538. The second kappa shape index (κ2) is 7.57. The van der Waals surface area contributed by atoms with Gasteiger partial charge in [-0.2, -0.15) is 0 Å². The lowest BCUT2D eigenvalue weighted by Crippen LogP contribution is -2.25. The molecular formula is C13H17BrN2O3. The first-order chi connectivity index (χ1) is 9.25. The zero-order valence-corrected chi connectivity index (χ0v) is 12.2. The first kappa shape index (κ1) is 14.4. The van der Waals surface area contributed by atoms with Crippen molar-refractivity contribution in [3.63, 3.8) is 0 Å². The van der Waals surface area contributed by atoms with Gasteiger partial charge in [0.2, 0.25) is 5.91 Å². The number of aromatic nitrogens is 1. The third-order valence-corrected chi connectivity index (χ3v) is 3.53. The molecule has 1 saturated heterocycles. The van der Waals surface area contributed by atoms with Crippen LogP contribution in [0, 0.1) is 0 Å². The van der Waals surface area contributed by atoms with Crippen molar-refractivity contribution in [1.82, 2.24) is 4.98 Å². The molecular weight excluding hydrogens is 312 g/mol. The summed E-state index contributed by atoms with van der Waals surface area (Å²) in [4.78, 5) is 15.7. The topological polar surface area (TPSA) is 60.5 Å². The minimum absolute atomic E-state index is 0.0565. The van der Waals surface area contributed by atoms with Crippen molar-refractivity contribution in [3.05, 3.63) is 22.9 Å². The van der Waals surface area contributed by atoms with Crippen LogP contribution in [0.5, 0.6) is 0 Å². The second-order valence-corrected chi connectivity index (χ2v) is 5.19. The Bertz CT molecular complexity index is 422. The van der Waals surface area contributed by atoms with Gasteiger partial charge < -0.3 is 14.8 Å². The van der Waals surface area contributed by atoms with Crippen molar-refractivity contribution in [2.75, 3.05) is 25.1 Å². The smallest absolute Gasteiger partial charge is 0.226 e. The number of rotatable bonds is 5. The predicted octanol–water partition coefficient (Wildman–Crippen LogP) is 2.37. The number of hydrogen-bond acceptors (Lipinski definition) is 4. The molecule has 1 aliphatic rings. The molecule has 2 heterocycles. The van der Waals surface area contributed by atoms with Crippen LogP contribution in [0.4, 0.5) is 5.69 Å². The minimum atomic E-state index is -0.0565. The van der Waals surface area contributed by atoms with Gasteiger partial charge in [0.15, 0.2) is 0 Å². The van der Waals surface area contributed by atoms with Gasteiger partial charge in [0.25, 0.3) is 0 Å². The number of carbonyl (C=O) groups is 1. The maximum absolute atomic E-state index is 11.7. The lowest BCUT2D eigenvalue weighted by Gasteiger charge is -2.22. The molecule has 0 saturated carbocycles. The summed E-state index contributed by atoms with van der Waals surface area (Å²) in [5.41, 5.74) is 0.728. The number of hydrogen-bond donors (Lipinski definition) is 1. The van der Waals surface area contributed by atoms with Gasteiger partial charge in [0, 0.05) is 25.6 Å². The van der Waals surface area contributed by atoms with E-state index in [0.29, 0.717) is 13.0 Å². The second-order valence-electron chi connectivity index (χ2n) is 4.34.